The van der Waals surface area contributed by atoms with Crippen molar-refractivity contribution in [3.8, 4) is 0 Å². The van der Waals surface area contributed by atoms with Gasteiger partial charge in [0.2, 0.25) is 0 Å². The van der Waals surface area contributed by atoms with E-state index in [9.17, 15) is 18.4 Å². The standard InChI is InChI=1S/C16H20F2N4O3/c1-9(12-8-10(17)2-3-13(12)18)19-14-20-15(23)22(16(24)21-14)11-4-6-25-7-5-11/h2-3,8-9,11,14,19H,4-7H2,1H3,(H,20,23)(H,21,24). The number of imide groups is 1. The van der Waals surface area contributed by atoms with E-state index in [0.29, 0.717) is 26.1 Å². The van der Waals surface area contributed by atoms with Gasteiger partial charge in [-0.1, -0.05) is 0 Å². The summed E-state index contributed by atoms with van der Waals surface area (Å²) in [4.78, 5) is 25.7. The van der Waals surface area contributed by atoms with E-state index in [0.717, 1.165) is 23.1 Å². The number of benzene rings is 1. The molecule has 7 nitrogen and oxygen atoms in total. The second-order valence-electron chi connectivity index (χ2n) is 6.10. The SMILES string of the molecule is CC(NC1NC(=O)N(C2CCOCC2)C(=O)N1)c1cc(F)ccc1F. The van der Waals surface area contributed by atoms with E-state index in [1.165, 1.54) is 0 Å². The zero-order chi connectivity index (χ0) is 18.0. The van der Waals surface area contributed by atoms with E-state index in [1.54, 1.807) is 6.92 Å². The fourth-order valence-corrected chi connectivity index (χ4v) is 3.06. The third-order valence-electron chi connectivity index (χ3n) is 4.37. The van der Waals surface area contributed by atoms with Crippen molar-refractivity contribution in [1.82, 2.24) is 20.9 Å². The van der Waals surface area contributed by atoms with Gasteiger partial charge >= 0.3 is 12.1 Å². The Morgan fingerprint density at radius 2 is 1.84 bits per heavy atom. The molecule has 2 saturated heterocycles. The highest BCUT2D eigenvalue weighted by Gasteiger charge is 2.37. The summed E-state index contributed by atoms with van der Waals surface area (Å²) in [5.74, 6) is -1.13. The van der Waals surface area contributed by atoms with Crippen LogP contribution >= 0.6 is 0 Å². The van der Waals surface area contributed by atoms with Crippen molar-refractivity contribution in [3.05, 3.63) is 35.4 Å². The Kier molecular flexibility index (Phi) is 5.14. The second-order valence-corrected chi connectivity index (χ2v) is 6.10. The topological polar surface area (TPSA) is 82.7 Å². The summed E-state index contributed by atoms with van der Waals surface area (Å²) >= 11 is 0. The van der Waals surface area contributed by atoms with Gasteiger partial charge in [0, 0.05) is 30.9 Å². The number of carbonyl (C=O) groups excluding carboxylic acids is 2. The van der Waals surface area contributed by atoms with Gasteiger partial charge in [-0.15, -0.1) is 0 Å². The molecule has 1 unspecified atom stereocenters. The molecule has 3 N–H and O–H groups in total. The molecule has 0 spiro atoms. The van der Waals surface area contributed by atoms with Gasteiger partial charge in [0.05, 0.1) is 0 Å². The zero-order valence-corrected chi connectivity index (χ0v) is 13.7. The van der Waals surface area contributed by atoms with Crippen LogP contribution in [0.15, 0.2) is 18.2 Å². The monoisotopic (exact) mass is 354 g/mol. The molecular weight excluding hydrogens is 334 g/mol. The summed E-state index contributed by atoms with van der Waals surface area (Å²) in [6.07, 6.45) is 0.294. The minimum Gasteiger partial charge on any atom is -0.381 e. The molecule has 25 heavy (non-hydrogen) atoms. The Labute approximate surface area is 143 Å². The quantitative estimate of drug-likeness (QED) is 0.770. The van der Waals surface area contributed by atoms with Crippen molar-refractivity contribution in [1.29, 1.82) is 0 Å². The number of ether oxygens (including phenoxy) is 1. The van der Waals surface area contributed by atoms with Gasteiger partial charge in [-0.2, -0.15) is 0 Å². The molecule has 0 saturated carbocycles. The van der Waals surface area contributed by atoms with Crippen molar-refractivity contribution < 1.29 is 23.1 Å². The lowest BCUT2D eigenvalue weighted by molar-refractivity contribution is 0.0492. The van der Waals surface area contributed by atoms with Crippen LogP contribution in [0.1, 0.15) is 31.4 Å². The smallest absolute Gasteiger partial charge is 0.328 e. The molecule has 1 atom stereocenters. The summed E-state index contributed by atoms with van der Waals surface area (Å²) < 4.78 is 32.4. The van der Waals surface area contributed by atoms with E-state index < -0.39 is 36.0 Å². The normalized spacial score (nSPS) is 21.0. The summed E-state index contributed by atoms with van der Waals surface area (Å²) in [5.41, 5.74) is 0.107. The Hall–Kier alpha value is -2.26. The maximum atomic E-state index is 13.8. The summed E-state index contributed by atoms with van der Waals surface area (Å²) in [6.45, 7) is 2.61. The highest BCUT2D eigenvalue weighted by Crippen LogP contribution is 2.20. The summed E-state index contributed by atoms with van der Waals surface area (Å²) in [7, 11) is 0. The zero-order valence-electron chi connectivity index (χ0n) is 13.7. The first kappa shape index (κ1) is 17.6. The molecule has 4 amide bonds. The fraction of sp³-hybridized carbons (Fsp3) is 0.500. The van der Waals surface area contributed by atoms with Gasteiger partial charge in [-0.05, 0) is 38.0 Å². The number of nitrogens with one attached hydrogen (secondary N) is 3. The molecule has 0 radical (unpaired) electrons. The highest BCUT2D eigenvalue weighted by molar-refractivity contribution is 5.96. The van der Waals surface area contributed by atoms with Crippen LogP contribution in [0.5, 0.6) is 0 Å². The number of urea groups is 2. The molecule has 2 aliphatic rings. The average molecular weight is 354 g/mol. The van der Waals surface area contributed by atoms with Crippen LogP contribution in [0.25, 0.3) is 0 Å². The molecule has 0 aromatic heterocycles. The third kappa shape index (κ3) is 3.88. The average Bonchev–Trinajstić information content (AvgIpc) is 2.57. The lowest BCUT2D eigenvalue weighted by Crippen LogP contribution is -2.70. The number of rotatable bonds is 4. The molecule has 2 aliphatic heterocycles. The first-order valence-corrected chi connectivity index (χ1v) is 8.14. The number of amides is 4. The predicted molar refractivity (Wildman–Crippen MR) is 84.4 cm³/mol. The van der Waals surface area contributed by atoms with Crippen LogP contribution in [0.4, 0.5) is 18.4 Å². The number of halogens is 2. The van der Waals surface area contributed by atoms with Gasteiger partial charge in [0.15, 0.2) is 6.29 Å². The largest absolute Gasteiger partial charge is 0.381 e. The van der Waals surface area contributed by atoms with Crippen LogP contribution < -0.4 is 16.0 Å². The van der Waals surface area contributed by atoms with E-state index >= 15 is 0 Å². The van der Waals surface area contributed by atoms with Crippen molar-refractivity contribution in [2.75, 3.05) is 13.2 Å². The van der Waals surface area contributed by atoms with E-state index in [4.69, 9.17) is 4.74 Å². The first-order valence-electron chi connectivity index (χ1n) is 8.14. The Bertz CT molecular complexity index is 649. The number of nitrogens with zero attached hydrogens (tertiary/aromatic N) is 1. The minimum atomic E-state index is -0.881. The molecule has 0 bridgehead atoms. The molecule has 2 fully saturated rings. The Balaban J connectivity index is 1.64. The van der Waals surface area contributed by atoms with E-state index in [1.807, 2.05) is 0 Å². The van der Waals surface area contributed by atoms with E-state index in [2.05, 4.69) is 16.0 Å². The van der Waals surface area contributed by atoms with Crippen LogP contribution in [0.2, 0.25) is 0 Å². The lowest BCUT2D eigenvalue weighted by atomic mass is 10.1. The predicted octanol–water partition coefficient (Wildman–Crippen LogP) is 1.81. The highest BCUT2D eigenvalue weighted by atomic mass is 19.1. The van der Waals surface area contributed by atoms with Crippen molar-refractivity contribution in [2.24, 2.45) is 0 Å². The maximum absolute atomic E-state index is 13.8. The molecular formula is C16H20F2N4O3. The van der Waals surface area contributed by atoms with Crippen molar-refractivity contribution >= 4 is 12.1 Å². The summed E-state index contributed by atoms with van der Waals surface area (Å²) in [6, 6.07) is 1.24. The fourth-order valence-electron chi connectivity index (χ4n) is 3.06. The number of carbonyl (C=O) groups is 2. The Morgan fingerprint density at radius 1 is 1.20 bits per heavy atom. The molecule has 136 valence electrons. The van der Waals surface area contributed by atoms with Crippen LogP contribution in [-0.4, -0.2) is 42.5 Å². The van der Waals surface area contributed by atoms with Gasteiger partial charge in [-0.3, -0.25) is 5.32 Å². The molecule has 0 aliphatic carbocycles. The van der Waals surface area contributed by atoms with Gasteiger partial charge in [0.25, 0.3) is 0 Å². The number of hydrogen-bond donors (Lipinski definition) is 3. The Morgan fingerprint density at radius 3 is 2.48 bits per heavy atom. The molecule has 1 aromatic rings. The minimum absolute atomic E-state index is 0.107. The summed E-state index contributed by atoms with van der Waals surface area (Å²) in [5, 5.41) is 8.10. The first-order chi connectivity index (χ1) is 12.0. The van der Waals surface area contributed by atoms with Gasteiger partial charge < -0.3 is 15.4 Å². The second kappa shape index (κ2) is 7.32. The number of hydrogen-bond acceptors (Lipinski definition) is 4. The molecule has 3 rings (SSSR count). The maximum Gasteiger partial charge on any atom is 0.328 e. The van der Waals surface area contributed by atoms with Gasteiger partial charge in [0.1, 0.15) is 11.6 Å². The molecule has 1 aromatic carbocycles. The van der Waals surface area contributed by atoms with Gasteiger partial charge in [-0.25, -0.2) is 23.3 Å². The third-order valence-corrected chi connectivity index (χ3v) is 4.37. The lowest BCUT2D eigenvalue weighted by Gasteiger charge is -2.39. The molecule has 9 heteroatoms. The van der Waals surface area contributed by atoms with Crippen LogP contribution in [-0.2, 0) is 4.74 Å². The van der Waals surface area contributed by atoms with Crippen LogP contribution in [0.3, 0.4) is 0 Å². The van der Waals surface area contributed by atoms with E-state index in [-0.39, 0.29) is 11.6 Å². The van der Waals surface area contributed by atoms with Crippen molar-refractivity contribution in [3.63, 3.8) is 0 Å². The van der Waals surface area contributed by atoms with Crippen LogP contribution in [0, 0.1) is 11.6 Å². The molecule has 2 heterocycles. The van der Waals surface area contributed by atoms with Crippen molar-refractivity contribution in [2.45, 2.75) is 38.1 Å².